The highest BCUT2D eigenvalue weighted by Crippen LogP contribution is 2.32. The van der Waals surface area contributed by atoms with Crippen molar-refractivity contribution in [2.45, 2.75) is 63.8 Å². The third-order valence-corrected chi connectivity index (χ3v) is 4.31. The smallest absolute Gasteiger partial charge is 0.0192 e. The molecule has 2 nitrogen and oxygen atoms in total. The zero-order chi connectivity index (χ0) is 11.2. The molecule has 1 atom stereocenters. The van der Waals surface area contributed by atoms with Crippen molar-refractivity contribution < 1.29 is 0 Å². The first kappa shape index (κ1) is 12.4. The molecule has 0 amide bonds. The van der Waals surface area contributed by atoms with E-state index in [4.69, 9.17) is 5.73 Å². The van der Waals surface area contributed by atoms with E-state index in [1.54, 1.807) is 0 Å². The summed E-state index contributed by atoms with van der Waals surface area (Å²) >= 11 is 0. The molecule has 0 spiro atoms. The number of hydrogen-bond acceptors (Lipinski definition) is 2. The number of nitrogens with one attached hydrogen (secondary N) is 1. The van der Waals surface area contributed by atoms with Gasteiger partial charge in [0.25, 0.3) is 0 Å². The van der Waals surface area contributed by atoms with Gasteiger partial charge in [0.05, 0.1) is 0 Å². The average Bonchev–Trinajstić information content (AvgIpc) is 3.13. The molecule has 0 aromatic carbocycles. The van der Waals surface area contributed by atoms with Crippen LogP contribution in [0, 0.1) is 11.8 Å². The van der Waals surface area contributed by atoms with Crippen LogP contribution in [0.1, 0.15) is 57.8 Å². The summed E-state index contributed by atoms with van der Waals surface area (Å²) in [5, 5.41) is 3.66. The third kappa shape index (κ3) is 4.42. The van der Waals surface area contributed by atoms with Crippen LogP contribution in [-0.4, -0.2) is 19.1 Å². The summed E-state index contributed by atoms with van der Waals surface area (Å²) in [4.78, 5) is 0. The van der Waals surface area contributed by atoms with Crippen molar-refractivity contribution in [1.29, 1.82) is 0 Å². The van der Waals surface area contributed by atoms with Crippen molar-refractivity contribution in [3.63, 3.8) is 0 Å². The largest absolute Gasteiger partial charge is 0.329 e. The number of nitrogens with two attached hydrogens (primary N) is 1. The van der Waals surface area contributed by atoms with Gasteiger partial charge in [0.15, 0.2) is 0 Å². The minimum atomic E-state index is 0.585. The van der Waals surface area contributed by atoms with Gasteiger partial charge < -0.3 is 11.1 Å². The minimum absolute atomic E-state index is 0.585. The first-order chi connectivity index (χ1) is 7.88. The fraction of sp³-hybridized carbons (Fsp3) is 1.00. The molecule has 2 aliphatic rings. The van der Waals surface area contributed by atoms with Gasteiger partial charge in [0, 0.05) is 12.6 Å². The van der Waals surface area contributed by atoms with Gasteiger partial charge in [-0.15, -0.1) is 0 Å². The van der Waals surface area contributed by atoms with Crippen LogP contribution in [-0.2, 0) is 0 Å². The van der Waals surface area contributed by atoms with Gasteiger partial charge in [-0.05, 0) is 31.2 Å². The molecule has 16 heavy (non-hydrogen) atoms. The first-order valence-electron chi connectivity index (χ1n) is 7.32. The lowest BCUT2D eigenvalue weighted by Crippen LogP contribution is -2.38. The monoisotopic (exact) mass is 224 g/mol. The Bertz CT molecular complexity index is 183. The van der Waals surface area contributed by atoms with Crippen LogP contribution in [0.4, 0.5) is 0 Å². The molecule has 0 radical (unpaired) electrons. The Morgan fingerprint density at radius 3 is 2.38 bits per heavy atom. The van der Waals surface area contributed by atoms with Crippen molar-refractivity contribution in [2.75, 3.05) is 13.1 Å². The molecule has 1 unspecified atom stereocenters. The fourth-order valence-electron chi connectivity index (χ4n) is 2.99. The van der Waals surface area contributed by atoms with Gasteiger partial charge in [-0.25, -0.2) is 0 Å². The second-order valence-electron chi connectivity index (χ2n) is 5.86. The van der Waals surface area contributed by atoms with E-state index in [0.29, 0.717) is 6.04 Å². The molecule has 0 saturated heterocycles. The summed E-state index contributed by atoms with van der Waals surface area (Å²) in [5.74, 6) is 2.00. The van der Waals surface area contributed by atoms with E-state index in [-0.39, 0.29) is 0 Å². The van der Waals surface area contributed by atoms with E-state index in [2.05, 4.69) is 5.32 Å². The van der Waals surface area contributed by atoms with Gasteiger partial charge >= 0.3 is 0 Å². The Labute approximate surface area is 100 Å². The zero-order valence-electron chi connectivity index (χ0n) is 10.6. The van der Waals surface area contributed by atoms with E-state index in [1.165, 1.54) is 64.3 Å². The molecule has 2 heteroatoms. The summed E-state index contributed by atoms with van der Waals surface area (Å²) in [5.41, 5.74) is 5.86. The van der Waals surface area contributed by atoms with Gasteiger partial charge in [0.2, 0.25) is 0 Å². The summed E-state index contributed by atoms with van der Waals surface area (Å²) in [6.07, 6.45) is 12.9. The minimum Gasteiger partial charge on any atom is -0.329 e. The highest BCUT2D eigenvalue weighted by Gasteiger charge is 2.22. The lowest BCUT2D eigenvalue weighted by Gasteiger charge is -2.26. The fourth-order valence-corrected chi connectivity index (χ4v) is 2.99. The van der Waals surface area contributed by atoms with E-state index < -0.39 is 0 Å². The van der Waals surface area contributed by atoms with Crippen LogP contribution in [0.15, 0.2) is 0 Å². The zero-order valence-corrected chi connectivity index (χ0v) is 10.6. The SMILES string of the molecule is NCC(CC1CCCCC1)NCCC1CC1. The maximum atomic E-state index is 5.86. The second-order valence-corrected chi connectivity index (χ2v) is 5.86. The molecule has 0 aliphatic heterocycles. The van der Waals surface area contributed by atoms with Crippen LogP contribution >= 0.6 is 0 Å². The van der Waals surface area contributed by atoms with E-state index in [9.17, 15) is 0 Å². The maximum absolute atomic E-state index is 5.86. The topological polar surface area (TPSA) is 38.0 Å². The van der Waals surface area contributed by atoms with Crippen molar-refractivity contribution >= 4 is 0 Å². The van der Waals surface area contributed by atoms with Crippen molar-refractivity contribution in [1.82, 2.24) is 5.32 Å². The first-order valence-corrected chi connectivity index (χ1v) is 7.32. The molecule has 2 aliphatic carbocycles. The molecule has 2 rings (SSSR count). The molecule has 94 valence electrons. The molecule has 0 bridgehead atoms. The van der Waals surface area contributed by atoms with Gasteiger partial charge in [-0.3, -0.25) is 0 Å². The Kier molecular flexibility index (Phi) is 5.11. The molecule has 3 N–H and O–H groups in total. The van der Waals surface area contributed by atoms with Crippen LogP contribution in [0.2, 0.25) is 0 Å². The van der Waals surface area contributed by atoms with Crippen molar-refractivity contribution in [3.8, 4) is 0 Å². The normalized spacial score (nSPS) is 24.6. The van der Waals surface area contributed by atoms with Gasteiger partial charge in [-0.2, -0.15) is 0 Å². The van der Waals surface area contributed by atoms with Crippen molar-refractivity contribution in [2.24, 2.45) is 17.6 Å². The van der Waals surface area contributed by atoms with Gasteiger partial charge in [0.1, 0.15) is 0 Å². The number of hydrogen-bond donors (Lipinski definition) is 2. The highest BCUT2D eigenvalue weighted by atomic mass is 14.9. The second kappa shape index (κ2) is 6.61. The summed E-state index contributed by atoms with van der Waals surface area (Å²) < 4.78 is 0. The predicted octanol–water partition coefficient (Wildman–Crippen LogP) is 2.67. The molecule has 0 heterocycles. The Hall–Kier alpha value is -0.0800. The van der Waals surface area contributed by atoms with Crippen LogP contribution in [0.3, 0.4) is 0 Å². The standard InChI is InChI=1S/C14H28N2/c15-11-14(16-9-8-12-6-7-12)10-13-4-2-1-3-5-13/h12-14,16H,1-11,15H2. The molecular weight excluding hydrogens is 196 g/mol. The summed E-state index contributed by atoms with van der Waals surface area (Å²) in [7, 11) is 0. The molecule has 0 aromatic rings. The Morgan fingerprint density at radius 2 is 1.75 bits per heavy atom. The Morgan fingerprint density at radius 1 is 1.00 bits per heavy atom. The lowest BCUT2D eigenvalue weighted by atomic mass is 9.85. The van der Waals surface area contributed by atoms with Crippen LogP contribution in [0.5, 0.6) is 0 Å². The Balaban J connectivity index is 1.58. The predicted molar refractivity (Wildman–Crippen MR) is 69.4 cm³/mol. The highest BCUT2D eigenvalue weighted by molar-refractivity contribution is 4.78. The molecule has 0 aromatic heterocycles. The van der Waals surface area contributed by atoms with Crippen LogP contribution < -0.4 is 11.1 Å². The molecule has 2 saturated carbocycles. The number of rotatable bonds is 7. The van der Waals surface area contributed by atoms with Crippen molar-refractivity contribution in [3.05, 3.63) is 0 Å². The summed E-state index contributed by atoms with van der Waals surface area (Å²) in [6, 6.07) is 0.585. The lowest BCUT2D eigenvalue weighted by molar-refractivity contribution is 0.299. The van der Waals surface area contributed by atoms with Crippen LogP contribution in [0.25, 0.3) is 0 Å². The third-order valence-electron chi connectivity index (χ3n) is 4.31. The van der Waals surface area contributed by atoms with E-state index >= 15 is 0 Å². The van der Waals surface area contributed by atoms with E-state index in [0.717, 1.165) is 18.4 Å². The quantitative estimate of drug-likeness (QED) is 0.698. The average molecular weight is 224 g/mol. The summed E-state index contributed by atoms with van der Waals surface area (Å²) in [6.45, 7) is 2.01. The molecular formula is C14H28N2. The molecule has 2 fully saturated rings. The van der Waals surface area contributed by atoms with Gasteiger partial charge in [-0.1, -0.05) is 44.9 Å². The maximum Gasteiger partial charge on any atom is 0.0192 e. The van der Waals surface area contributed by atoms with E-state index in [1.807, 2.05) is 0 Å².